The highest BCUT2D eigenvalue weighted by Crippen LogP contribution is 2.13. The van der Waals surface area contributed by atoms with Crippen molar-refractivity contribution in [2.24, 2.45) is 0 Å². The lowest BCUT2D eigenvalue weighted by molar-refractivity contribution is 0.771. The van der Waals surface area contributed by atoms with Gasteiger partial charge in [0.15, 0.2) is 0 Å². The van der Waals surface area contributed by atoms with Crippen molar-refractivity contribution in [3.05, 3.63) is 22.0 Å². The van der Waals surface area contributed by atoms with E-state index in [4.69, 9.17) is 12.2 Å². The van der Waals surface area contributed by atoms with E-state index in [1.165, 1.54) is 5.56 Å². The summed E-state index contributed by atoms with van der Waals surface area (Å²) in [4.78, 5) is 0. The van der Waals surface area contributed by atoms with Crippen LogP contribution in [-0.4, -0.2) is 10.2 Å². The molecule has 0 spiro atoms. The van der Waals surface area contributed by atoms with E-state index in [2.05, 4.69) is 24.0 Å². The highest BCUT2D eigenvalue weighted by molar-refractivity contribution is 7.71. The molecule has 1 N–H and O–H groups in total. The van der Waals surface area contributed by atoms with Gasteiger partial charge in [-0.3, -0.25) is 5.10 Å². The van der Waals surface area contributed by atoms with Crippen molar-refractivity contribution in [3.63, 3.8) is 0 Å². The lowest BCUT2D eigenvalue weighted by atomic mass is 10.1. The maximum absolute atomic E-state index is 4.93. The summed E-state index contributed by atoms with van der Waals surface area (Å²) in [6.45, 7) is 6.27. The number of rotatable bonds is 1. The molecule has 1 rings (SSSR count). The number of aryl methyl sites for hydroxylation is 1. The molecule has 0 aliphatic carbocycles. The number of hydrogen-bond acceptors (Lipinski definition) is 2. The molecule has 0 aromatic carbocycles. The Kier molecular flexibility index (Phi) is 2.39. The second-order valence-corrected chi connectivity index (χ2v) is 3.39. The summed E-state index contributed by atoms with van der Waals surface area (Å²) in [7, 11) is 0. The molecule has 0 unspecified atom stereocenters. The first-order chi connectivity index (χ1) is 5.11. The predicted molar refractivity (Wildman–Crippen MR) is 48.2 cm³/mol. The van der Waals surface area contributed by atoms with Crippen LogP contribution < -0.4 is 0 Å². The van der Waals surface area contributed by atoms with E-state index in [0.29, 0.717) is 10.6 Å². The van der Waals surface area contributed by atoms with E-state index in [1.54, 1.807) is 0 Å². The highest BCUT2D eigenvalue weighted by atomic mass is 32.1. The van der Waals surface area contributed by atoms with Gasteiger partial charge in [-0.05, 0) is 24.5 Å². The van der Waals surface area contributed by atoms with E-state index in [1.807, 2.05) is 13.0 Å². The number of aromatic amines is 1. The topological polar surface area (TPSA) is 28.7 Å². The molecular weight excluding hydrogens is 156 g/mol. The molecule has 3 heteroatoms. The molecular formula is C8H12N2S. The van der Waals surface area contributed by atoms with Crippen LogP contribution in [0.4, 0.5) is 0 Å². The minimum Gasteiger partial charge on any atom is -0.267 e. The first-order valence-electron chi connectivity index (χ1n) is 3.67. The Morgan fingerprint density at radius 1 is 1.55 bits per heavy atom. The van der Waals surface area contributed by atoms with Gasteiger partial charge in [-0.2, -0.15) is 5.10 Å². The molecule has 1 heterocycles. The Morgan fingerprint density at radius 2 is 2.18 bits per heavy atom. The van der Waals surface area contributed by atoms with Gasteiger partial charge in [-0.1, -0.05) is 26.1 Å². The molecule has 0 bridgehead atoms. The van der Waals surface area contributed by atoms with E-state index < -0.39 is 0 Å². The van der Waals surface area contributed by atoms with Gasteiger partial charge in [-0.25, -0.2) is 0 Å². The number of H-pyrrole nitrogens is 1. The van der Waals surface area contributed by atoms with Crippen molar-refractivity contribution in [2.75, 3.05) is 0 Å². The molecule has 1 aromatic rings. The van der Waals surface area contributed by atoms with Crippen molar-refractivity contribution in [1.29, 1.82) is 0 Å². The molecule has 11 heavy (non-hydrogen) atoms. The summed E-state index contributed by atoms with van der Waals surface area (Å²) in [5.41, 5.74) is 2.27. The summed E-state index contributed by atoms with van der Waals surface area (Å²) < 4.78 is 0.701. The Morgan fingerprint density at radius 3 is 2.64 bits per heavy atom. The number of hydrogen-bond donors (Lipinski definition) is 1. The monoisotopic (exact) mass is 168 g/mol. The second kappa shape index (κ2) is 3.13. The van der Waals surface area contributed by atoms with Crippen molar-refractivity contribution in [2.45, 2.75) is 26.7 Å². The average Bonchev–Trinajstić information content (AvgIpc) is 1.85. The number of nitrogens with zero attached hydrogens (tertiary/aromatic N) is 1. The fourth-order valence-electron chi connectivity index (χ4n) is 1.09. The van der Waals surface area contributed by atoms with Crippen molar-refractivity contribution >= 4 is 12.2 Å². The molecule has 1 aromatic heterocycles. The zero-order chi connectivity index (χ0) is 8.43. The van der Waals surface area contributed by atoms with Gasteiger partial charge in [0, 0.05) is 0 Å². The van der Waals surface area contributed by atoms with Gasteiger partial charge < -0.3 is 0 Å². The minimum atomic E-state index is 0.460. The average molecular weight is 168 g/mol. The van der Waals surface area contributed by atoms with Crippen LogP contribution in [0.15, 0.2) is 6.07 Å². The van der Waals surface area contributed by atoms with E-state index >= 15 is 0 Å². The molecule has 0 saturated carbocycles. The Hall–Kier alpha value is -0.700. The molecule has 0 aliphatic rings. The SMILES string of the molecule is Cc1cc(=S)[nH]nc1C(C)C. The third-order valence-corrected chi connectivity index (χ3v) is 1.79. The number of aromatic nitrogens is 2. The van der Waals surface area contributed by atoms with Crippen LogP contribution in [0.3, 0.4) is 0 Å². The Balaban J connectivity index is 3.20. The van der Waals surface area contributed by atoms with Gasteiger partial charge >= 0.3 is 0 Å². The molecule has 0 amide bonds. The zero-order valence-electron chi connectivity index (χ0n) is 7.01. The lowest BCUT2D eigenvalue weighted by Crippen LogP contribution is -1.98. The van der Waals surface area contributed by atoms with Crippen LogP contribution in [-0.2, 0) is 0 Å². The fourth-order valence-corrected chi connectivity index (χ4v) is 1.31. The van der Waals surface area contributed by atoms with Crippen LogP contribution in [0.1, 0.15) is 31.0 Å². The molecule has 0 aliphatic heterocycles. The largest absolute Gasteiger partial charge is 0.267 e. The van der Waals surface area contributed by atoms with Crippen LogP contribution in [0.5, 0.6) is 0 Å². The van der Waals surface area contributed by atoms with E-state index in [0.717, 1.165) is 5.69 Å². The normalized spacial score (nSPS) is 10.5. The Labute approximate surface area is 71.7 Å². The summed E-state index contributed by atoms with van der Waals surface area (Å²) >= 11 is 4.93. The van der Waals surface area contributed by atoms with Crippen LogP contribution in [0.2, 0.25) is 0 Å². The third-order valence-electron chi connectivity index (χ3n) is 1.59. The van der Waals surface area contributed by atoms with Crippen LogP contribution in [0, 0.1) is 11.6 Å². The van der Waals surface area contributed by atoms with Crippen molar-refractivity contribution in [3.8, 4) is 0 Å². The number of nitrogens with one attached hydrogen (secondary N) is 1. The quantitative estimate of drug-likeness (QED) is 0.653. The first-order valence-corrected chi connectivity index (χ1v) is 4.08. The van der Waals surface area contributed by atoms with Gasteiger partial charge in [0.25, 0.3) is 0 Å². The first kappa shape index (κ1) is 8.40. The Bertz CT molecular complexity index is 301. The molecule has 0 radical (unpaired) electrons. The lowest BCUT2D eigenvalue weighted by Gasteiger charge is -2.05. The summed E-state index contributed by atoms with van der Waals surface area (Å²) in [6.07, 6.45) is 0. The van der Waals surface area contributed by atoms with Crippen molar-refractivity contribution in [1.82, 2.24) is 10.2 Å². The predicted octanol–water partition coefficient (Wildman–Crippen LogP) is 2.57. The van der Waals surface area contributed by atoms with E-state index in [-0.39, 0.29) is 0 Å². The van der Waals surface area contributed by atoms with E-state index in [9.17, 15) is 0 Å². The highest BCUT2D eigenvalue weighted by Gasteiger charge is 2.03. The van der Waals surface area contributed by atoms with Crippen molar-refractivity contribution < 1.29 is 0 Å². The van der Waals surface area contributed by atoms with Gasteiger partial charge in [0.2, 0.25) is 0 Å². The second-order valence-electron chi connectivity index (χ2n) is 2.96. The maximum Gasteiger partial charge on any atom is 0.119 e. The zero-order valence-corrected chi connectivity index (χ0v) is 7.83. The van der Waals surface area contributed by atoms with Crippen LogP contribution in [0.25, 0.3) is 0 Å². The summed E-state index contributed by atoms with van der Waals surface area (Å²) in [5, 5.41) is 6.94. The maximum atomic E-state index is 4.93. The van der Waals surface area contributed by atoms with Gasteiger partial charge in [0.05, 0.1) is 5.69 Å². The molecule has 0 fully saturated rings. The molecule has 2 nitrogen and oxygen atoms in total. The molecule has 0 atom stereocenters. The van der Waals surface area contributed by atoms with Gasteiger partial charge in [-0.15, -0.1) is 0 Å². The standard InChI is InChI=1S/C8H12N2S/c1-5(2)8-6(3)4-7(11)9-10-8/h4-5H,1-3H3,(H,9,11). The molecule has 0 saturated heterocycles. The molecule has 60 valence electrons. The van der Waals surface area contributed by atoms with Gasteiger partial charge in [0.1, 0.15) is 4.64 Å². The summed E-state index contributed by atoms with van der Waals surface area (Å²) in [5.74, 6) is 0.460. The fraction of sp³-hybridized carbons (Fsp3) is 0.500. The summed E-state index contributed by atoms with van der Waals surface area (Å²) in [6, 6.07) is 1.94. The van der Waals surface area contributed by atoms with Crippen LogP contribution >= 0.6 is 12.2 Å². The smallest absolute Gasteiger partial charge is 0.119 e. The third kappa shape index (κ3) is 1.87. The minimum absolute atomic E-state index is 0.460.